The molecule has 1 rings (SSSR count). The highest BCUT2D eigenvalue weighted by atomic mass is 16.6. The first-order chi connectivity index (χ1) is 7.29. The molecular weight excluding hydrogens is 210 g/mol. The lowest BCUT2D eigenvalue weighted by Crippen LogP contribution is -2.24. The highest BCUT2D eigenvalue weighted by Gasteiger charge is 2.19. The standard InChI is InChI=1S/C11H13NO4/c1-11(2,3)16-10(15)8-6-4-5-7(12-8)9(13)14/h4-6H,1-3H3,(H,13,14). The Morgan fingerprint density at radius 2 is 1.81 bits per heavy atom. The lowest BCUT2D eigenvalue weighted by atomic mass is 10.2. The fourth-order valence-corrected chi connectivity index (χ4v) is 0.998. The Balaban J connectivity index is 2.92. The number of nitrogens with zero attached hydrogens (tertiary/aromatic N) is 1. The maximum absolute atomic E-state index is 11.6. The number of carbonyl (C=O) groups excluding carboxylic acids is 1. The molecule has 0 fully saturated rings. The Morgan fingerprint density at radius 1 is 1.25 bits per heavy atom. The third-order valence-electron chi connectivity index (χ3n) is 1.58. The average molecular weight is 223 g/mol. The van der Waals surface area contributed by atoms with E-state index >= 15 is 0 Å². The number of aromatic nitrogens is 1. The van der Waals surface area contributed by atoms with Crippen molar-refractivity contribution in [2.24, 2.45) is 0 Å². The van der Waals surface area contributed by atoms with Crippen molar-refractivity contribution in [3.8, 4) is 0 Å². The highest BCUT2D eigenvalue weighted by Crippen LogP contribution is 2.11. The Bertz CT molecular complexity index is 420. The second-order valence-corrected chi connectivity index (χ2v) is 4.22. The molecule has 0 saturated carbocycles. The summed E-state index contributed by atoms with van der Waals surface area (Å²) in [5, 5.41) is 8.71. The molecule has 1 N–H and O–H groups in total. The van der Waals surface area contributed by atoms with E-state index < -0.39 is 17.5 Å². The Hall–Kier alpha value is -1.91. The second-order valence-electron chi connectivity index (χ2n) is 4.22. The van der Waals surface area contributed by atoms with Crippen LogP contribution in [-0.2, 0) is 4.74 Å². The number of aromatic carboxylic acids is 1. The second kappa shape index (κ2) is 4.30. The van der Waals surface area contributed by atoms with Crippen molar-refractivity contribution in [1.82, 2.24) is 4.98 Å². The fraction of sp³-hybridized carbons (Fsp3) is 0.364. The van der Waals surface area contributed by atoms with E-state index in [1.165, 1.54) is 18.2 Å². The van der Waals surface area contributed by atoms with E-state index in [9.17, 15) is 9.59 Å². The minimum absolute atomic E-state index is 0.00479. The molecule has 0 aromatic carbocycles. The first-order valence-electron chi connectivity index (χ1n) is 4.73. The SMILES string of the molecule is CC(C)(C)OC(=O)c1cccc(C(=O)O)n1. The number of carbonyl (C=O) groups is 2. The van der Waals surface area contributed by atoms with Gasteiger partial charge in [-0.05, 0) is 32.9 Å². The molecule has 0 radical (unpaired) electrons. The molecule has 1 aromatic heterocycles. The summed E-state index contributed by atoms with van der Waals surface area (Å²) in [5.74, 6) is -1.80. The van der Waals surface area contributed by atoms with Gasteiger partial charge in [0.05, 0.1) is 0 Å². The van der Waals surface area contributed by atoms with Crippen LogP contribution >= 0.6 is 0 Å². The zero-order chi connectivity index (χ0) is 12.3. The van der Waals surface area contributed by atoms with Crippen LogP contribution < -0.4 is 0 Å². The number of rotatable bonds is 2. The lowest BCUT2D eigenvalue weighted by molar-refractivity contribution is 0.00628. The summed E-state index contributed by atoms with van der Waals surface area (Å²) in [6, 6.07) is 4.19. The predicted molar refractivity (Wildman–Crippen MR) is 56.4 cm³/mol. The largest absolute Gasteiger partial charge is 0.477 e. The molecule has 5 nitrogen and oxygen atoms in total. The van der Waals surface area contributed by atoms with Crippen LogP contribution in [0.15, 0.2) is 18.2 Å². The molecule has 0 unspecified atom stereocenters. The third-order valence-corrected chi connectivity index (χ3v) is 1.58. The van der Waals surface area contributed by atoms with Crippen molar-refractivity contribution >= 4 is 11.9 Å². The molecule has 0 aliphatic carbocycles. The zero-order valence-electron chi connectivity index (χ0n) is 9.35. The van der Waals surface area contributed by atoms with Gasteiger partial charge >= 0.3 is 11.9 Å². The number of hydrogen-bond donors (Lipinski definition) is 1. The molecule has 1 heterocycles. The summed E-state index contributed by atoms with van der Waals surface area (Å²) >= 11 is 0. The maximum Gasteiger partial charge on any atom is 0.357 e. The lowest BCUT2D eigenvalue weighted by Gasteiger charge is -2.19. The quantitative estimate of drug-likeness (QED) is 0.772. The first kappa shape index (κ1) is 12.2. The van der Waals surface area contributed by atoms with E-state index in [4.69, 9.17) is 9.84 Å². The molecule has 0 aliphatic rings. The smallest absolute Gasteiger partial charge is 0.357 e. The highest BCUT2D eigenvalue weighted by molar-refractivity contribution is 5.90. The van der Waals surface area contributed by atoms with Crippen LogP contribution in [0.25, 0.3) is 0 Å². The van der Waals surface area contributed by atoms with Gasteiger partial charge in [-0.3, -0.25) is 0 Å². The number of esters is 1. The summed E-state index contributed by atoms with van der Waals surface area (Å²) in [6.45, 7) is 5.18. The number of hydrogen-bond acceptors (Lipinski definition) is 4. The molecule has 0 spiro atoms. The van der Waals surface area contributed by atoms with Gasteiger partial charge in [0.1, 0.15) is 17.0 Å². The zero-order valence-corrected chi connectivity index (χ0v) is 9.35. The average Bonchev–Trinajstić information content (AvgIpc) is 2.15. The normalized spacial score (nSPS) is 10.9. The van der Waals surface area contributed by atoms with Crippen LogP contribution in [0.3, 0.4) is 0 Å². The molecular formula is C11H13NO4. The fourth-order valence-electron chi connectivity index (χ4n) is 0.998. The summed E-state index contributed by atoms with van der Waals surface area (Å²) in [4.78, 5) is 25.9. The van der Waals surface area contributed by atoms with E-state index in [0.29, 0.717) is 0 Å². The Labute approximate surface area is 93.1 Å². The van der Waals surface area contributed by atoms with Crippen LogP contribution in [0.2, 0.25) is 0 Å². The molecule has 0 amide bonds. The van der Waals surface area contributed by atoms with E-state index in [1.807, 2.05) is 0 Å². The molecule has 0 saturated heterocycles. The summed E-state index contributed by atoms with van der Waals surface area (Å²) < 4.78 is 5.06. The predicted octanol–water partition coefficient (Wildman–Crippen LogP) is 1.74. The van der Waals surface area contributed by atoms with Crippen LogP contribution in [0.1, 0.15) is 41.7 Å². The van der Waals surface area contributed by atoms with E-state index in [1.54, 1.807) is 20.8 Å². The summed E-state index contributed by atoms with van der Waals surface area (Å²) in [6.07, 6.45) is 0. The van der Waals surface area contributed by atoms with Crippen LogP contribution in [0, 0.1) is 0 Å². The van der Waals surface area contributed by atoms with Gasteiger partial charge < -0.3 is 9.84 Å². The van der Waals surface area contributed by atoms with Crippen molar-refractivity contribution in [2.45, 2.75) is 26.4 Å². The first-order valence-corrected chi connectivity index (χ1v) is 4.73. The van der Waals surface area contributed by atoms with Gasteiger partial charge in [-0.2, -0.15) is 0 Å². The van der Waals surface area contributed by atoms with Crippen LogP contribution in [-0.4, -0.2) is 27.6 Å². The molecule has 86 valence electrons. The van der Waals surface area contributed by atoms with E-state index in [-0.39, 0.29) is 11.4 Å². The molecule has 1 aromatic rings. The van der Waals surface area contributed by atoms with Gasteiger partial charge in [-0.1, -0.05) is 6.07 Å². The van der Waals surface area contributed by atoms with Gasteiger partial charge in [0.15, 0.2) is 0 Å². The van der Waals surface area contributed by atoms with Crippen LogP contribution in [0.4, 0.5) is 0 Å². The molecule has 0 atom stereocenters. The van der Waals surface area contributed by atoms with Crippen LogP contribution in [0.5, 0.6) is 0 Å². The third kappa shape index (κ3) is 3.34. The molecule has 0 bridgehead atoms. The Morgan fingerprint density at radius 3 is 2.31 bits per heavy atom. The molecule has 5 heteroatoms. The number of ether oxygens (including phenoxy) is 1. The van der Waals surface area contributed by atoms with Gasteiger partial charge in [-0.25, -0.2) is 14.6 Å². The Kier molecular flexibility index (Phi) is 3.27. The summed E-state index contributed by atoms with van der Waals surface area (Å²) in [7, 11) is 0. The van der Waals surface area contributed by atoms with E-state index in [2.05, 4.69) is 4.98 Å². The van der Waals surface area contributed by atoms with Gasteiger partial charge in [0, 0.05) is 0 Å². The van der Waals surface area contributed by atoms with Gasteiger partial charge in [-0.15, -0.1) is 0 Å². The number of carboxylic acids is 1. The number of pyridine rings is 1. The van der Waals surface area contributed by atoms with Gasteiger partial charge in [0.25, 0.3) is 0 Å². The topological polar surface area (TPSA) is 76.5 Å². The summed E-state index contributed by atoms with van der Waals surface area (Å²) in [5.41, 5.74) is -0.809. The number of carboxylic acid groups (broad SMARTS) is 1. The van der Waals surface area contributed by atoms with Gasteiger partial charge in [0.2, 0.25) is 0 Å². The molecule has 0 aliphatic heterocycles. The minimum Gasteiger partial charge on any atom is -0.477 e. The monoisotopic (exact) mass is 223 g/mol. The van der Waals surface area contributed by atoms with E-state index in [0.717, 1.165) is 0 Å². The minimum atomic E-state index is -1.18. The van der Waals surface area contributed by atoms with Crippen molar-refractivity contribution in [3.05, 3.63) is 29.6 Å². The van der Waals surface area contributed by atoms with Crippen molar-refractivity contribution < 1.29 is 19.4 Å². The molecule has 16 heavy (non-hydrogen) atoms. The maximum atomic E-state index is 11.6. The van der Waals surface area contributed by atoms with Crippen molar-refractivity contribution in [1.29, 1.82) is 0 Å². The van der Waals surface area contributed by atoms with Crippen molar-refractivity contribution in [2.75, 3.05) is 0 Å². The van der Waals surface area contributed by atoms with Crippen molar-refractivity contribution in [3.63, 3.8) is 0 Å².